The zero-order chi connectivity index (χ0) is 18.1. The molecule has 0 aromatic heterocycles. The lowest BCUT2D eigenvalue weighted by Gasteiger charge is -2.11. The zero-order valence-electron chi connectivity index (χ0n) is 14.5. The molecule has 0 heterocycles. The van der Waals surface area contributed by atoms with Crippen molar-refractivity contribution in [2.45, 2.75) is 25.2 Å². The standard InChI is InChI=1S/C19H23FN2O2S/c1-3-24-16-7-10-18(14(2)13-16)22-19(23)21-11-4-12-25-17-8-5-15(20)6-9-17/h5-10,13H,3-4,11-12H2,1-2H3,(H2,21,22,23). The van der Waals surface area contributed by atoms with Crippen LogP contribution in [0.15, 0.2) is 47.4 Å². The quantitative estimate of drug-likeness (QED) is 0.522. The third-order valence-corrected chi connectivity index (χ3v) is 4.54. The van der Waals surface area contributed by atoms with Gasteiger partial charge in [0, 0.05) is 17.1 Å². The van der Waals surface area contributed by atoms with Crippen molar-refractivity contribution in [2.24, 2.45) is 0 Å². The molecule has 0 aliphatic rings. The summed E-state index contributed by atoms with van der Waals surface area (Å²) in [5.41, 5.74) is 1.72. The summed E-state index contributed by atoms with van der Waals surface area (Å²) in [4.78, 5) is 13.0. The minimum Gasteiger partial charge on any atom is -0.494 e. The Morgan fingerprint density at radius 3 is 2.64 bits per heavy atom. The van der Waals surface area contributed by atoms with E-state index < -0.39 is 0 Å². The molecule has 25 heavy (non-hydrogen) atoms. The van der Waals surface area contributed by atoms with Crippen LogP contribution in [0, 0.1) is 12.7 Å². The van der Waals surface area contributed by atoms with E-state index in [1.807, 2.05) is 32.0 Å². The topological polar surface area (TPSA) is 50.4 Å². The molecule has 4 nitrogen and oxygen atoms in total. The molecule has 0 atom stereocenters. The number of aryl methyl sites for hydroxylation is 1. The first-order valence-corrected chi connectivity index (χ1v) is 9.23. The van der Waals surface area contributed by atoms with Gasteiger partial charge in [0.1, 0.15) is 11.6 Å². The molecule has 2 amide bonds. The molecular formula is C19H23FN2O2S. The fourth-order valence-corrected chi connectivity index (χ4v) is 3.05. The molecule has 0 radical (unpaired) electrons. The Kier molecular flexibility index (Phi) is 7.60. The predicted octanol–water partition coefficient (Wildman–Crippen LogP) is 4.84. The van der Waals surface area contributed by atoms with Crippen LogP contribution in [-0.4, -0.2) is 24.9 Å². The molecule has 2 aromatic rings. The lowest BCUT2D eigenvalue weighted by molar-refractivity contribution is 0.252. The highest BCUT2D eigenvalue weighted by Gasteiger charge is 2.05. The Morgan fingerprint density at radius 1 is 1.20 bits per heavy atom. The number of rotatable bonds is 8. The molecule has 0 bridgehead atoms. The average molecular weight is 362 g/mol. The molecule has 0 aliphatic heterocycles. The maximum atomic E-state index is 12.8. The number of nitrogens with one attached hydrogen (secondary N) is 2. The van der Waals surface area contributed by atoms with Gasteiger partial charge < -0.3 is 15.4 Å². The fourth-order valence-electron chi connectivity index (χ4n) is 2.19. The normalized spacial score (nSPS) is 10.4. The Hall–Kier alpha value is -2.21. The van der Waals surface area contributed by atoms with Gasteiger partial charge in [-0.3, -0.25) is 0 Å². The zero-order valence-corrected chi connectivity index (χ0v) is 15.3. The maximum absolute atomic E-state index is 12.8. The van der Waals surface area contributed by atoms with E-state index in [0.717, 1.165) is 34.1 Å². The van der Waals surface area contributed by atoms with E-state index in [4.69, 9.17) is 4.74 Å². The first-order chi connectivity index (χ1) is 12.1. The molecule has 0 saturated carbocycles. The van der Waals surface area contributed by atoms with Crippen LogP contribution in [0.4, 0.5) is 14.9 Å². The number of carbonyl (C=O) groups excluding carboxylic acids is 1. The van der Waals surface area contributed by atoms with Crippen LogP contribution in [0.1, 0.15) is 18.9 Å². The molecule has 0 spiro atoms. The van der Waals surface area contributed by atoms with Crippen molar-refractivity contribution < 1.29 is 13.9 Å². The van der Waals surface area contributed by atoms with Crippen LogP contribution in [0.5, 0.6) is 5.75 Å². The van der Waals surface area contributed by atoms with Crippen LogP contribution >= 0.6 is 11.8 Å². The molecule has 0 fully saturated rings. The molecular weight excluding hydrogens is 339 g/mol. The Morgan fingerprint density at radius 2 is 1.96 bits per heavy atom. The van der Waals surface area contributed by atoms with Gasteiger partial charge in [0.05, 0.1) is 6.61 Å². The molecule has 2 rings (SSSR count). The molecule has 6 heteroatoms. The van der Waals surface area contributed by atoms with Crippen molar-refractivity contribution >= 4 is 23.5 Å². The molecule has 0 unspecified atom stereocenters. The fraction of sp³-hybridized carbons (Fsp3) is 0.316. The van der Waals surface area contributed by atoms with Crippen LogP contribution < -0.4 is 15.4 Å². The molecule has 134 valence electrons. The summed E-state index contributed by atoms with van der Waals surface area (Å²) in [6, 6.07) is 11.8. The highest BCUT2D eigenvalue weighted by Crippen LogP contribution is 2.21. The van der Waals surface area contributed by atoms with Gasteiger partial charge >= 0.3 is 6.03 Å². The number of carbonyl (C=O) groups is 1. The minimum absolute atomic E-state index is 0.223. The number of amides is 2. The van der Waals surface area contributed by atoms with Crippen LogP contribution in [0.3, 0.4) is 0 Å². The number of hydrogen-bond donors (Lipinski definition) is 2. The second kappa shape index (κ2) is 9.93. The smallest absolute Gasteiger partial charge is 0.319 e. The molecule has 0 saturated heterocycles. The summed E-state index contributed by atoms with van der Waals surface area (Å²) in [7, 11) is 0. The van der Waals surface area contributed by atoms with Crippen LogP contribution in [0.2, 0.25) is 0 Å². The summed E-state index contributed by atoms with van der Waals surface area (Å²) >= 11 is 1.64. The van der Waals surface area contributed by atoms with Crippen molar-refractivity contribution in [1.82, 2.24) is 5.32 Å². The van der Waals surface area contributed by atoms with Crippen LogP contribution in [0.25, 0.3) is 0 Å². The van der Waals surface area contributed by atoms with Crippen LogP contribution in [-0.2, 0) is 0 Å². The van der Waals surface area contributed by atoms with Gasteiger partial charge in [-0.1, -0.05) is 0 Å². The number of halogens is 1. The Balaban J connectivity index is 1.67. The second-order valence-corrected chi connectivity index (χ2v) is 6.61. The first kappa shape index (κ1) is 19.1. The largest absolute Gasteiger partial charge is 0.494 e. The van der Waals surface area contributed by atoms with E-state index in [1.165, 1.54) is 12.1 Å². The maximum Gasteiger partial charge on any atom is 0.319 e. The SMILES string of the molecule is CCOc1ccc(NC(=O)NCCCSc2ccc(F)cc2)c(C)c1. The number of benzene rings is 2. The van der Waals surface area contributed by atoms with Crippen molar-refractivity contribution in [2.75, 3.05) is 24.2 Å². The second-order valence-electron chi connectivity index (χ2n) is 5.45. The van der Waals surface area contributed by atoms with E-state index in [0.29, 0.717) is 13.2 Å². The molecule has 2 N–H and O–H groups in total. The van der Waals surface area contributed by atoms with E-state index >= 15 is 0 Å². The number of thioether (sulfide) groups is 1. The number of urea groups is 1. The average Bonchev–Trinajstić information content (AvgIpc) is 2.59. The van der Waals surface area contributed by atoms with Gasteiger partial charge in [-0.2, -0.15) is 0 Å². The van der Waals surface area contributed by atoms with Crippen molar-refractivity contribution in [1.29, 1.82) is 0 Å². The van der Waals surface area contributed by atoms with Crippen molar-refractivity contribution in [3.05, 3.63) is 53.8 Å². The molecule has 0 aliphatic carbocycles. The van der Waals surface area contributed by atoms with E-state index in [2.05, 4.69) is 10.6 Å². The predicted molar refractivity (Wildman–Crippen MR) is 101 cm³/mol. The third kappa shape index (κ3) is 6.66. The first-order valence-electron chi connectivity index (χ1n) is 8.25. The van der Waals surface area contributed by atoms with E-state index in [1.54, 1.807) is 23.9 Å². The van der Waals surface area contributed by atoms with Gasteiger partial charge in [0.15, 0.2) is 0 Å². The van der Waals surface area contributed by atoms with Gasteiger partial charge in [-0.05, 0) is 74.0 Å². The van der Waals surface area contributed by atoms with Crippen molar-refractivity contribution in [3.8, 4) is 5.75 Å². The molecule has 2 aromatic carbocycles. The van der Waals surface area contributed by atoms with Gasteiger partial charge in [0.25, 0.3) is 0 Å². The summed E-state index contributed by atoms with van der Waals surface area (Å²) < 4.78 is 18.2. The van der Waals surface area contributed by atoms with E-state index in [-0.39, 0.29) is 11.8 Å². The lowest BCUT2D eigenvalue weighted by atomic mass is 10.2. The Bertz CT molecular complexity index is 692. The highest BCUT2D eigenvalue weighted by atomic mass is 32.2. The lowest BCUT2D eigenvalue weighted by Crippen LogP contribution is -2.30. The van der Waals surface area contributed by atoms with Crippen molar-refractivity contribution in [3.63, 3.8) is 0 Å². The minimum atomic E-state index is -0.229. The summed E-state index contributed by atoms with van der Waals surface area (Å²) in [5.74, 6) is 1.42. The summed E-state index contributed by atoms with van der Waals surface area (Å²) in [6.07, 6.45) is 0.831. The highest BCUT2D eigenvalue weighted by molar-refractivity contribution is 7.99. The summed E-state index contributed by atoms with van der Waals surface area (Å²) in [5, 5.41) is 5.68. The number of hydrogen-bond acceptors (Lipinski definition) is 3. The monoisotopic (exact) mass is 362 g/mol. The van der Waals surface area contributed by atoms with Gasteiger partial charge in [-0.25, -0.2) is 9.18 Å². The van der Waals surface area contributed by atoms with E-state index in [9.17, 15) is 9.18 Å². The number of ether oxygens (including phenoxy) is 1. The third-order valence-electron chi connectivity index (χ3n) is 3.45. The van der Waals surface area contributed by atoms with Gasteiger partial charge in [-0.15, -0.1) is 11.8 Å². The Labute approximate surface area is 152 Å². The number of anilines is 1. The van der Waals surface area contributed by atoms with Gasteiger partial charge in [0.2, 0.25) is 0 Å². The summed E-state index contributed by atoms with van der Waals surface area (Å²) in [6.45, 7) is 5.06.